The molecule has 0 aromatic carbocycles. The van der Waals surface area contributed by atoms with Crippen LogP contribution in [0.3, 0.4) is 0 Å². The van der Waals surface area contributed by atoms with Crippen LogP contribution in [0.1, 0.15) is 24.8 Å². The molecule has 16 heavy (non-hydrogen) atoms. The van der Waals surface area contributed by atoms with Crippen LogP contribution in [0.2, 0.25) is 0 Å². The molecule has 0 spiro atoms. The van der Waals surface area contributed by atoms with Gasteiger partial charge in [0, 0.05) is 25.4 Å². The molecule has 1 aliphatic rings. The molecule has 2 rings (SSSR count). The molecule has 1 fully saturated rings. The van der Waals surface area contributed by atoms with Gasteiger partial charge in [0.25, 0.3) is 0 Å². The van der Waals surface area contributed by atoms with E-state index in [1.165, 1.54) is 18.4 Å². The number of nitriles is 1. The second kappa shape index (κ2) is 5.09. The minimum Gasteiger partial charge on any atom is -0.316 e. The first kappa shape index (κ1) is 11.1. The topological polar surface area (TPSA) is 48.7 Å². The highest BCUT2D eigenvalue weighted by Gasteiger charge is 2.41. The summed E-state index contributed by atoms with van der Waals surface area (Å²) in [7, 11) is 0. The maximum atomic E-state index is 8.69. The van der Waals surface area contributed by atoms with E-state index in [1.807, 2.05) is 24.5 Å². The van der Waals surface area contributed by atoms with Gasteiger partial charge < -0.3 is 5.32 Å². The lowest BCUT2D eigenvalue weighted by atomic mass is 10.0. The van der Waals surface area contributed by atoms with Crippen LogP contribution in [-0.4, -0.2) is 18.1 Å². The fourth-order valence-corrected chi connectivity index (χ4v) is 1.90. The first-order chi connectivity index (χ1) is 7.85. The summed E-state index contributed by atoms with van der Waals surface area (Å²) in [5.41, 5.74) is 1.63. The van der Waals surface area contributed by atoms with Crippen molar-refractivity contribution in [2.75, 3.05) is 13.1 Å². The van der Waals surface area contributed by atoms with Crippen molar-refractivity contribution in [3.8, 4) is 6.07 Å². The van der Waals surface area contributed by atoms with Gasteiger partial charge >= 0.3 is 0 Å². The Labute approximate surface area is 96.5 Å². The van der Waals surface area contributed by atoms with E-state index in [9.17, 15) is 0 Å². The molecular weight excluding hydrogens is 198 g/mol. The van der Waals surface area contributed by atoms with Gasteiger partial charge in [0.15, 0.2) is 0 Å². The van der Waals surface area contributed by atoms with Crippen molar-refractivity contribution in [1.29, 1.82) is 5.26 Å². The first-order valence-corrected chi connectivity index (χ1v) is 5.81. The minimum atomic E-state index is 0.312. The number of nitrogens with zero attached hydrogens (tertiary/aromatic N) is 2. The van der Waals surface area contributed by atoms with Crippen LogP contribution in [0.5, 0.6) is 0 Å². The molecule has 1 aromatic heterocycles. The molecule has 1 N–H and O–H groups in total. The van der Waals surface area contributed by atoms with Gasteiger partial charge in [-0.25, -0.2) is 0 Å². The summed E-state index contributed by atoms with van der Waals surface area (Å²) in [5.74, 6) is 0. The Balaban J connectivity index is 1.65. The van der Waals surface area contributed by atoms with Crippen molar-refractivity contribution in [2.24, 2.45) is 5.41 Å². The lowest BCUT2D eigenvalue weighted by molar-refractivity contribution is 0.469. The van der Waals surface area contributed by atoms with E-state index in [-0.39, 0.29) is 0 Å². The highest BCUT2D eigenvalue weighted by atomic mass is 14.9. The summed E-state index contributed by atoms with van der Waals surface area (Å²) in [6, 6.07) is 6.37. The van der Waals surface area contributed by atoms with Crippen LogP contribution in [0.25, 0.3) is 0 Å². The fraction of sp³-hybridized carbons (Fsp3) is 0.538. The standard InChI is InChI=1S/C13H17N3/c14-7-6-13(4-5-13)11-16-10-3-12-1-8-15-9-2-12/h1-2,8-9,16H,3-6,10-11H2. The zero-order valence-corrected chi connectivity index (χ0v) is 9.45. The maximum absolute atomic E-state index is 8.69. The molecule has 1 heterocycles. The van der Waals surface area contributed by atoms with Crippen molar-refractivity contribution in [2.45, 2.75) is 25.7 Å². The Bertz CT molecular complexity index is 363. The second-order valence-electron chi connectivity index (χ2n) is 4.62. The largest absolute Gasteiger partial charge is 0.316 e. The fourth-order valence-electron chi connectivity index (χ4n) is 1.90. The number of nitrogens with one attached hydrogen (secondary N) is 1. The van der Waals surface area contributed by atoms with Crippen LogP contribution in [0, 0.1) is 16.7 Å². The predicted octanol–water partition coefficient (Wildman–Crippen LogP) is 1.91. The summed E-state index contributed by atoms with van der Waals surface area (Å²) in [6.45, 7) is 1.98. The monoisotopic (exact) mass is 215 g/mol. The van der Waals surface area contributed by atoms with Gasteiger partial charge in [0.05, 0.1) is 6.07 Å². The van der Waals surface area contributed by atoms with Gasteiger partial charge in [-0.05, 0) is 48.9 Å². The number of aromatic nitrogens is 1. The zero-order valence-electron chi connectivity index (χ0n) is 9.45. The molecule has 1 aliphatic carbocycles. The Morgan fingerprint density at radius 1 is 1.38 bits per heavy atom. The molecule has 0 aliphatic heterocycles. The Hall–Kier alpha value is -1.40. The molecule has 3 heteroatoms. The van der Waals surface area contributed by atoms with E-state index in [2.05, 4.69) is 16.4 Å². The summed E-state index contributed by atoms with van der Waals surface area (Å²) in [5, 5.41) is 12.1. The number of rotatable bonds is 6. The molecule has 0 amide bonds. The molecule has 3 nitrogen and oxygen atoms in total. The van der Waals surface area contributed by atoms with E-state index >= 15 is 0 Å². The number of pyridine rings is 1. The van der Waals surface area contributed by atoms with Gasteiger partial charge in [0.1, 0.15) is 0 Å². The summed E-state index contributed by atoms with van der Waals surface area (Å²) in [6.07, 6.45) is 7.81. The second-order valence-corrected chi connectivity index (χ2v) is 4.62. The molecule has 0 unspecified atom stereocenters. The van der Waals surface area contributed by atoms with Gasteiger partial charge in [-0.3, -0.25) is 4.98 Å². The summed E-state index contributed by atoms with van der Waals surface area (Å²) >= 11 is 0. The predicted molar refractivity (Wildman–Crippen MR) is 62.7 cm³/mol. The lowest BCUT2D eigenvalue weighted by Gasteiger charge is -2.11. The third-order valence-corrected chi connectivity index (χ3v) is 3.25. The normalized spacial score (nSPS) is 16.7. The SMILES string of the molecule is N#CCC1(CNCCc2ccncc2)CC1. The van der Waals surface area contributed by atoms with Crippen molar-refractivity contribution in [3.63, 3.8) is 0 Å². The Kier molecular flexibility index (Phi) is 3.53. The van der Waals surface area contributed by atoms with Crippen molar-refractivity contribution < 1.29 is 0 Å². The Morgan fingerprint density at radius 2 is 2.12 bits per heavy atom. The first-order valence-electron chi connectivity index (χ1n) is 5.81. The van der Waals surface area contributed by atoms with E-state index < -0.39 is 0 Å². The third-order valence-electron chi connectivity index (χ3n) is 3.25. The average Bonchev–Trinajstić information content (AvgIpc) is 3.07. The minimum absolute atomic E-state index is 0.312. The smallest absolute Gasteiger partial charge is 0.0628 e. The summed E-state index contributed by atoms with van der Waals surface area (Å²) < 4.78 is 0. The van der Waals surface area contributed by atoms with Crippen molar-refractivity contribution >= 4 is 0 Å². The van der Waals surface area contributed by atoms with E-state index in [1.54, 1.807) is 0 Å². The Morgan fingerprint density at radius 3 is 2.75 bits per heavy atom. The molecule has 1 saturated carbocycles. The lowest BCUT2D eigenvalue weighted by Crippen LogP contribution is -2.25. The molecule has 0 radical (unpaired) electrons. The average molecular weight is 215 g/mol. The molecule has 1 aromatic rings. The molecule has 84 valence electrons. The van der Waals surface area contributed by atoms with Crippen LogP contribution in [-0.2, 0) is 6.42 Å². The van der Waals surface area contributed by atoms with Gasteiger partial charge in [-0.1, -0.05) is 0 Å². The van der Waals surface area contributed by atoms with E-state index in [0.29, 0.717) is 11.8 Å². The van der Waals surface area contributed by atoms with Gasteiger partial charge in [-0.2, -0.15) is 5.26 Å². The number of hydrogen-bond donors (Lipinski definition) is 1. The van der Waals surface area contributed by atoms with Gasteiger partial charge in [-0.15, -0.1) is 0 Å². The maximum Gasteiger partial charge on any atom is 0.0628 e. The highest BCUT2D eigenvalue weighted by Crippen LogP contribution is 2.47. The summed E-state index contributed by atoms with van der Waals surface area (Å²) in [4.78, 5) is 3.99. The van der Waals surface area contributed by atoms with Crippen molar-refractivity contribution in [3.05, 3.63) is 30.1 Å². The van der Waals surface area contributed by atoms with E-state index in [4.69, 9.17) is 5.26 Å². The zero-order chi connectivity index (χ0) is 11.3. The molecule has 0 saturated heterocycles. The van der Waals surface area contributed by atoms with Crippen LogP contribution in [0.15, 0.2) is 24.5 Å². The third kappa shape index (κ3) is 3.04. The molecule has 0 bridgehead atoms. The van der Waals surface area contributed by atoms with Crippen molar-refractivity contribution in [1.82, 2.24) is 10.3 Å². The molecular formula is C13H17N3. The van der Waals surface area contributed by atoms with Gasteiger partial charge in [0.2, 0.25) is 0 Å². The highest BCUT2D eigenvalue weighted by molar-refractivity contribution is 5.10. The van der Waals surface area contributed by atoms with Crippen LogP contribution < -0.4 is 5.32 Å². The van der Waals surface area contributed by atoms with Crippen LogP contribution in [0.4, 0.5) is 0 Å². The van der Waals surface area contributed by atoms with Crippen LogP contribution >= 0.6 is 0 Å². The molecule has 0 atom stereocenters. The van der Waals surface area contributed by atoms with E-state index in [0.717, 1.165) is 19.5 Å². The quantitative estimate of drug-likeness (QED) is 0.737. The number of hydrogen-bond acceptors (Lipinski definition) is 3.